The second kappa shape index (κ2) is 5.87. The first-order chi connectivity index (χ1) is 7.54. The summed E-state index contributed by atoms with van der Waals surface area (Å²) in [6, 6.07) is 2.64. The molecule has 16 heavy (non-hydrogen) atoms. The molecule has 0 aliphatic heterocycles. The van der Waals surface area contributed by atoms with Crippen LogP contribution in [0.4, 0.5) is 4.39 Å². The van der Waals surface area contributed by atoms with E-state index in [-0.39, 0.29) is 22.4 Å². The van der Waals surface area contributed by atoms with Gasteiger partial charge in [-0.25, -0.2) is 4.39 Å². The smallest absolute Gasteiger partial charge is 0.309 e. The number of hydrogen-bond donors (Lipinski definition) is 0. The van der Waals surface area contributed by atoms with Crippen molar-refractivity contribution in [2.24, 2.45) is 0 Å². The van der Waals surface area contributed by atoms with Gasteiger partial charge in [-0.3, -0.25) is 4.79 Å². The number of halogens is 3. The van der Waals surface area contributed by atoms with Gasteiger partial charge >= 0.3 is 5.97 Å². The Morgan fingerprint density at radius 2 is 2.19 bits per heavy atom. The molecular formula is C11H9Cl2FO2. The van der Waals surface area contributed by atoms with E-state index in [1.807, 2.05) is 0 Å². The molecule has 0 fully saturated rings. The van der Waals surface area contributed by atoms with Crippen LogP contribution in [0.1, 0.15) is 12.0 Å². The van der Waals surface area contributed by atoms with Crippen molar-refractivity contribution in [3.63, 3.8) is 0 Å². The molecule has 0 amide bonds. The van der Waals surface area contributed by atoms with Gasteiger partial charge in [0.25, 0.3) is 0 Å². The fraction of sp³-hybridized carbons (Fsp3) is 0.182. The highest BCUT2D eigenvalue weighted by Gasteiger charge is 2.05. The third-order valence-corrected chi connectivity index (χ3v) is 2.45. The maximum Gasteiger partial charge on any atom is 0.309 e. The number of benzene rings is 1. The standard InChI is InChI=1S/C11H9Cl2FO2/c1-16-10(15)4-2-3-7-5-8(12)6-9(14)11(7)13/h2-3,5-6H,4H2,1H3. The van der Waals surface area contributed by atoms with E-state index in [9.17, 15) is 9.18 Å². The lowest BCUT2D eigenvalue weighted by molar-refractivity contribution is -0.139. The van der Waals surface area contributed by atoms with Gasteiger partial charge in [-0.2, -0.15) is 0 Å². The molecule has 0 saturated heterocycles. The van der Waals surface area contributed by atoms with Crippen molar-refractivity contribution >= 4 is 35.2 Å². The minimum Gasteiger partial charge on any atom is -0.469 e. The Kier molecular flexibility index (Phi) is 4.77. The maximum atomic E-state index is 13.2. The molecule has 0 atom stereocenters. The van der Waals surface area contributed by atoms with Gasteiger partial charge in [0.1, 0.15) is 5.82 Å². The largest absolute Gasteiger partial charge is 0.469 e. The predicted molar refractivity (Wildman–Crippen MR) is 62.1 cm³/mol. The van der Waals surface area contributed by atoms with E-state index < -0.39 is 5.82 Å². The number of carbonyl (C=O) groups excluding carboxylic acids is 1. The second-order valence-corrected chi connectivity index (χ2v) is 3.79. The number of methoxy groups -OCH3 is 1. The molecule has 0 unspecified atom stereocenters. The molecule has 2 nitrogen and oxygen atoms in total. The van der Waals surface area contributed by atoms with Crippen molar-refractivity contribution in [1.82, 2.24) is 0 Å². The van der Waals surface area contributed by atoms with Crippen LogP contribution in [0.15, 0.2) is 18.2 Å². The van der Waals surface area contributed by atoms with Crippen LogP contribution in [0.5, 0.6) is 0 Å². The first kappa shape index (κ1) is 13.0. The highest BCUT2D eigenvalue weighted by atomic mass is 35.5. The minimum atomic E-state index is -0.591. The SMILES string of the molecule is COC(=O)CC=Cc1cc(Cl)cc(F)c1Cl. The van der Waals surface area contributed by atoms with E-state index in [0.717, 1.165) is 6.07 Å². The van der Waals surface area contributed by atoms with Gasteiger partial charge in [-0.05, 0) is 17.7 Å². The van der Waals surface area contributed by atoms with Crippen LogP contribution in [-0.4, -0.2) is 13.1 Å². The van der Waals surface area contributed by atoms with E-state index in [2.05, 4.69) is 4.74 Å². The topological polar surface area (TPSA) is 26.3 Å². The molecule has 1 aromatic rings. The number of ether oxygens (including phenoxy) is 1. The van der Waals surface area contributed by atoms with E-state index in [0.29, 0.717) is 5.56 Å². The van der Waals surface area contributed by atoms with Crippen LogP contribution < -0.4 is 0 Å². The average molecular weight is 263 g/mol. The van der Waals surface area contributed by atoms with Crippen molar-refractivity contribution in [2.45, 2.75) is 6.42 Å². The van der Waals surface area contributed by atoms with Gasteiger partial charge in [0, 0.05) is 5.02 Å². The first-order valence-electron chi connectivity index (χ1n) is 4.42. The summed E-state index contributed by atoms with van der Waals surface area (Å²) in [5, 5.41) is 0.227. The lowest BCUT2D eigenvalue weighted by Crippen LogP contribution is -1.96. The van der Waals surface area contributed by atoms with E-state index >= 15 is 0 Å². The van der Waals surface area contributed by atoms with E-state index in [4.69, 9.17) is 23.2 Å². The highest BCUT2D eigenvalue weighted by Crippen LogP contribution is 2.25. The fourth-order valence-electron chi connectivity index (χ4n) is 1.06. The summed E-state index contributed by atoms with van der Waals surface area (Å²) in [6.07, 6.45) is 3.15. The van der Waals surface area contributed by atoms with Crippen molar-refractivity contribution in [2.75, 3.05) is 7.11 Å². The highest BCUT2D eigenvalue weighted by molar-refractivity contribution is 6.34. The van der Waals surface area contributed by atoms with Crippen molar-refractivity contribution in [3.8, 4) is 0 Å². The molecule has 0 aliphatic rings. The molecule has 0 N–H and O–H groups in total. The predicted octanol–water partition coefficient (Wildman–Crippen LogP) is 3.71. The summed E-state index contributed by atoms with van der Waals surface area (Å²) in [4.78, 5) is 10.8. The normalized spacial score (nSPS) is 10.8. The summed E-state index contributed by atoms with van der Waals surface area (Å²) in [5.41, 5.74) is 0.426. The third kappa shape index (κ3) is 3.51. The molecule has 1 aromatic carbocycles. The quantitative estimate of drug-likeness (QED) is 0.613. The van der Waals surface area contributed by atoms with Crippen molar-refractivity contribution in [1.29, 1.82) is 0 Å². The molecule has 0 aliphatic carbocycles. The van der Waals surface area contributed by atoms with E-state index in [1.165, 1.54) is 25.3 Å². The Morgan fingerprint density at radius 1 is 1.50 bits per heavy atom. The number of hydrogen-bond acceptors (Lipinski definition) is 2. The summed E-state index contributed by atoms with van der Waals surface area (Å²) < 4.78 is 17.6. The van der Waals surface area contributed by atoms with E-state index in [1.54, 1.807) is 0 Å². The Balaban J connectivity index is 2.85. The lowest BCUT2D eigenvalue weighted by atomic mass is 10.2. The zero-order valence-electron chi connectivity index (χ0n) is 8.47. The molecule has 0 radical (unpaired) electrons. The third-order valence-electron chi connectivity index (χ3n) is 1.83. The van der Waals surface area contributed by atoms with Gasteiger partial charge < -0.3 is 4.74 Å². The maximum absolute atomic E-state index is 13.2. The summed E-state index contributed by atoms with van der Waals surface area (Å²) in [6.45, 7) is 0. The molecule has 0 spiro atoms. The molecule has 0 heterocycles. The molecule has 0 saturated carbocycles. The van der Waals surface area contributed by atoms with Gasteiger partial charge in [0.2, 0.25) is 0 Å². The van der Waals surface area contributed by atoms with Gasteiger partial charge in [-0.1, -0.05) is 35.4 Å². The molecule has 0 aromatic heterocycles. The molecule has 0 bridgehead atoms. The molecule has 5 heteroatoms. The second-order valence-electron chi connectivity index (χ2n) is 2.97. The summed E-state index contributed by atoms with van der Waals surface area (Å²) in [7, 11) is 1.29. The van der Waals surface area contributed by atoms with Gasteiger partial charge in [0.05, 0.1) is 18.6 Å². The Labute approximate surface area is 103 Å². The fourth-order valence-corrected chi connectivity index (χ4v) is 1.45. The van der Waals surface area contributed by atoms with Crippen LogP contribution in [0.25, 0.3) is 6.08 Å². The monoisotopic (exact) mass is 262 g/mol. The first-order valence-corrected chi connectivity index (χ1v) is 5.18. The average Bonchev–Trinajstić information content (AvgIpc) is 2.24. The van der Waals surface area contributed by atoms with Crippen LogP contribution in [0, 0.1) is 5.82 Å². The number of esters is 1. The summed E-state index contributed by atoms with van der Waals surface area (Å²) in [5.74, 6) is -0.971. The molecule has 86 valence electrons. The van der Waals surface area contributed by atoms with Crippen LogP contribution in [0.2, 0.25) is 10.0 Å². The van der Waals surface area contributed by atoms with Crippen molar-refractivity contribution < 1.29 is 13.9 Å². The minimum absolute atomic E-state index is 0.0227. The number of rotatable bonds is 3. The lowest BCUT2D eigenvalue weighted by Gasteiger charge is -2.01. The van der Waals surface area contributed by atoms with Crippen LogP contribution >= 0.6 is 23.2 Å². The zero-order chi connectivity index (χ0) is 12.1. The van der Waals surface area contributed by atoms with Gasteiger partial charge in [0.15, 0.2) is 0 Å². The van der Waals surface area contributed by atoms with Gasteiger partial charge in [-0.15, -0.1) is 0 Å². The molecule has 1 rings (SSSR count). The van der Waals surface area contributed by atoms with Crippen molar-refractivity contribution in [3.05, 3.63) is 39.6 Å². The van der Waals surface area contributed by atoms with Crippen LogP contribution in [0.3, 0.4) is 0 Å². The number of carbonyl (C=O) groups is 1. The summed E-state index contributed by atoms with van der Waals surface area (Å²) >= 11 is 11.4. The zero-order valence-corrected chi connectivity index (χ0v) is 9.98. The Hall–Kier alpha value is -1.06. The molecular weight excluding hydrogens is 254 g/mol. The van der Waals surface area contributed by atoms with Crippen LogP contribution in [-0.2, 0) is 9.53 Å². The Bertz CT molecular complexity index is 430. The Morgan fingerprint density at radius 3 is 2.81 bits per heavy atom.